The summed E-state index contributed by atoms with van der Waals surface area (Å²) in [6.45, 7) is 17.6. The molecule has 6 aliphatic rings. The largest absolute Gasteiger partial charge is 0.335 e. The lowest BCUT2D eigenvalue weighted by molar-refractivity contribution is 0.195. The molecule has 1 saturated carbocycles. The van der Waals surface area contributed by atoms with Crippen LogP contribution in [-0.2, 0) is 28.2 Å². The molecule has 4 unspecified atom stereocenters. The van der Waals surface area contributed by atoms with E-state index >= 15 is 0 Å². The molecule has 6 aromatic carbocycles. The first-order chi connectivity index (χ1) is 27.9. The van der Waals surface area contributed by atoms with E-state index in [1.807, 2.05) is 0 Å². The van der Waals surface area contributed by atoms with Gasteiger partial charge in [0.1, 0.15) is 0 Å². The average molecular weight is 754 g/mol. The molecule has 286 valence electrons. The Balaban J connectivity index is 1.19. The molecule has 0 bridgehead atoms. The van der Waals surface area contributed by atoms with E-state index in [1.165, 1.54) is 115 Å². The number of para-hydroxylation sites is 3. The smallest absolute Gasteiger partial charge is 0.252 e. The van der Waals surface area contributed by atoms with Gasteiger partial charge in [0.15, 0.2) is 0 Å². The summed E-state index contributed by atoms with van der Waals surface area (Å²) in [6.07, 6.45) is 7.20. The van der Waals surface area contributed by atoms with E-state index in [9.17, 15) is 0 Å². The van der Waals surface area contributed by atoms with Crippen molar-refractivity contribution in [2.24, 2.45) is 0 Å². The number of fused-ring (bicyclic) bond motifs is 15. The summed E-state index contributed by atoms with van der Waals surface area (Å²) < 4.78 is 2.67. The zero-order chi connectivity index (χ0) is 39.3. The monoisotopic (exact) mass is 753 g/mol. The van der Waals surface area contributed by atoms with Crippen molar-refractivity contribution >= 4 is 67.7 Å². The van der Waals surface area contributed by atoms with E-state index in [1.54, 1.807) is 5.56 Å². The predicted molar refractivity (Wildman–Crippen MR) is 245 cm³/mol. The molecular formula is C54H52BN3. The van der Waals surface area contributed by atoms with Crippen LogP contribution in [0.3, 0.4) is 0 Å². The Bertz CT molecular complexity index is 3000. The second kappa shape index (κ2) is 10.5. The fraction of sp³-hybridized carbons (Fsp3) is 0.333. The number of benzene rings is 6. The molecule has 4 heteroatoms. The highest BCUT2D eigenvalue weighted by Crippen LogP contribution is 2.66. The molecular weight excluding hydrogens is 701 g/mol. The van der Waals surface area contributed by atoms with Crippen LogP contribution in [0.15, 0.2) is 115 Å². The van der Waals surface area contributed by atoms with Gasteiger partial charge < -0.3 is 14.4 Å². The molecule has 1 fully saturated rings. The van der Waals surface area contributed by atoms with Gasteiger partial charge in [-0.2, -0.15) is 0 Å². The summed E-state index contributed by atoms with van der Waals surface area (Å²) in [5.41, 5.74) is 21.2. The van der Waals surface area contributed by atoms with Crippen molar-refractivity contribution < 1.29 is 0 Å². The molecule has 1 aromatic heterocycles. The number of hydrogen-bond acceptors (Lipinski definition) is 2. The van der Waals surface area contributed by atoms with Crippen molar-refractivity contribution in [3.8, 4) is 5.69 Å². The first-order valence-corrected chi connectivity index (χ1v) is 22.1. The van der Waals surface area contributed by atoms with Crippen molar-refractivity contribution in [1.82, 2.24) is 4.57 Å². The normalized spacial score (nSPS) is 27.0. The van der Waals surface area contributed by atoms with E-state index < -0.39 is 0 Å². The second-order valence-corrected chi connectivity index (χ2v) is 20.7. The Hall–Kier alpha value is -5.22. The van der Waals surface area contributed by atoms with Gasteiger partial charge in [0.25, 0.3) is 6.71 Å². The van der Waals surface area contributed by atoms with Crippen LogP contribution in [0, 0.1) is 0 Å². The molecule has 0 N–H and O–H groups in total. The highest BCUT2D eigenvalue weighted by Gasteiger charge is 2.63. The third-order valence-corrected chi connectivity index (χ3v) is 17.3. The number of aryl methyl sites for hydroxylation is 1. The summed E-state index contributed by atoms with van der Waals surface area (Å²) in [4.78, 5) is 5.73. The molecule has 5 heterocycles. The number of nitrogens with zero attached hydrogens (tertiary/aromatic N) is 3. The van der Waals surface area contributed by atoms with Crippen LogP contribution >= 0.6 is 0 Å². The number of aromatic nitrogens is 1. The maximum atomic E-state index is 2.91. The fourth-order valence-corrected chi connectivity index (χ4v) is 14.0. The van der Waals surface area contributed by atoms with Gasteiger partial charge in [-0.25, -0.2) is 0 Å². The average Bonchev–Trinajstić information content (AvgIpc) is 3.75. The Labute approximate surface area is 343 Å². The van der Waals surface area contributed by atoms with Crippen molar-refractivity contribution in [3.05, 3.63) is 143 Å². The minimum atomic E-state index is -0.298. The van der Waals surface area contributed by atoms with Gasteiger partial charge in [-0.1, -0.05) is 138 Å². The molecule has 0 spiro atoms. The fourth-order valence-electron chi connectivity index (χ4n) is 14.0. The first-order valence-electron chi connectivity index (χ1n) is 22.1. The molecule has 0 radical (unpaired) electrons. The van der Waals surface area contributed by atoms with Gasteiger partial charge in [0, 0.05) is 55.6 Å². The van der Waals surface area contributed by atoms with Gasteiger partial charge in [-0.15, -0.1) is 0 Å². The Morgan fingerprint density at radius 2 is 1.31 bits per heavy atom. The number of anilines is 4. The quantitative estimate of drug-likeness (QED) is 0.155. The lowest BCUT2D eigenvalue weighted by Crippen LogP contribution is -2.64. The summed E-state index contributed by atoms with van der Waals surface area (Å²) >= 11 is 0. The highest BCUT2D eigenvalue weighted by atomic mass is 15.3. The van der Waals surface area contributed by atoms with Crippen LogP contribution in [0.5, 0.6) is 0 Å². The second-order valence-electron chi connectivity index (χ2n) is 20.7. The minimum Gasteiger partial charge on any atom is -0.335 e. The highest BCUT2D eigenvalue weighted by molar-refractivity contribution is 7.00. The lowest BCUT2D eigenvalue weighted by atomic mass is 9.33. The predicted octanol–water partition coefficient (Wildman–Crippen LogP) is 11.2. The van der Waals surface area contributed by atoms with Crippen LogP contribution in [0.2, 0.25) is 0 Å². The number of hydrogen-bond donors (Lipinski definition) is 0. The van der Waals surface area contributed by atoms with E-state index in [0.29, 0.717) is 0 Å². The Morgan fingerprint density at radius 1 is 0.586 bits per heavy atom. The molecule has 0 amide bonds. The molecule has 3 nitrogen and oxygen atoms in total. The maximum Gasteiger partial charge on any atom is 0.252 e. The molecule has 58 heavy (non-hydrogen) atoms. The molecule has 7 aromatic rings. The van der Waals surface area contributed by atoms with E-state index in [2.05, 4.69) is 178 Å². The third kappa shape index (κ3) is 3.61. The lowest BCUT2D eigenvalue weighted by Gasteiger charge is -2.53. The van der Waals surface area contributed by atoms with Crippen molar-refractivity contribution in [2.45, 2.75) is 114 Å². The summed E-state index contributed by atoms with van der Waals surface area (Å²) in [6, 6.07) is 45.8. The SMILES string of the molecule is CC(C)(C)c1ccc2c(c1)C1(C)CCc3ccccc3C1(C)N2c1cc2c3c(c1)-n1c4ccccc4c4cccc(c41)B3c1cccc3c1N2C1(C)CCCCC31C. The Morgan fingerprint density at radius 3 is 2.17 bits per heavy atom. The molecule has 13 rings (SSSR count). The first kappa shape index (κ1) is 33.7. The third-order valence-electron chi connectivity index (χ3n) is 17.3. The van der Waals surface area contributed by atoms with Crippen molar-refractivity contribution in [1.29, 1.82) is 0 Å². The van der Waals surface area contributed by atoms with Crippen LogP contribution in [0.4, 0.5) is 22.7 Å². The summed E-state index contributed by atoms with van der Waals surface area (Å²) in [5, 5.41) is 2.69. The van der Waals surface area contributed by atoms with Crippen LogP contribution < -0.4 is 26.2 Å². The van der Waals surface area contributed by atoms with E-state index in [-0.39, 0.29) is 34.0 Å². The molecule has 0 saturated heterocycles. The Kier molecular flexibility index (Phi) is 6.11. The zero-order valence-electron chi connectivity index (χ0n) is 35.1. The standard InChI is InChI=1S/C54H52BN3/c1-50(2,3)34-24-25-44-40(30-34)52(5)29-26-33-16-8-10-19-38(33)54(52,7)57(44)35-31-45-47-46(32-35)58-49-39(51(4)27-12-13-28-53(51,58)6)20-15-22-42(49)55(47)41-21-14-18-37-36-17-9-11-23-43(36)56(45)48(37)41/h8-11,14-25,30-32H,12-13,26-29H2,1-7H3. The maximum absolute atomic E-state index is 2.91. The zero-order valence-corrected chi connectivity index (χ0v) is 35.1. The van der Waals surface area contributed by atoms with E-state index in [0.717, 1.165) is 12.8 Å². The molecule has 4 aliphatic heterocycles. The summed E-state index contributed by atoms with van der Waals surface area (Å²) in [7, 11) is 0. The number of rotatable bonds is 1. The molecule has 2 aliphatic carbocycles. The molecule has 4 atom stereocenters. The van der Waals surface area contributed by atoms with Gasteiger partial charge in [0.05, 0.1) is 16.6 Å². The van der Waals surface area contributed by atoms with Crippen molar-refractivity contribution in [2.75, 3.05) is 9.80 Å². The van der Waals surface area contributed by atoms with Gasteiger partial charge in [-0.05, 0) is 113 Å². The van der Waals surface area contributed by atoms with E-state index in [4.69, 9.17) is 0 Å². The van der Waals surface area contributed by atoms with Crippen LogP contribution in [0.1, 0.15) is 108 Å². The van der Waals surface area contributed by atoms with Crippen LogP contribution in [-0.4, -0.2) is 16.8 Å². The van der Waals surface area contributed by atoms with Gasteiger partial charge >= 0.3 is 0 Å². The van der Waals surface area contributed by atoms with Gasteiger partial charge in [0.2, 0.25) is 0 Å². The summed E-state index contributed by atoms with van der Waals surface area (Å²) in [5.74, 6) is 0. The van der Waals surface area contributed by atoms with Gasteiger partial charge in [-0.3, -0.25) is 0 Å². The van der Waals surface area contributed by atoms with Crippen LogP contribution in [0.25, 0.3) is 27.5 Å². The minimum absolute atomic E-state index is 0.0352. The topological polar surface area (TPSA) is 11.4 Å². The van der Waals surface area contributed by atoms with Crippen molar-refractivity contribution in [3.63, 3.8) is 0 Å².